The summed E-state index contributed by atoms with van der Waals surface area (Å²) in [5.74, 6) is 1.88. The van der Waals surface area contributed by atoms with E-state index < -0.39 is 0 Å². The predicted octanol–water partition coefficient (Wildman–Crippen LogP) is 1.83. The van der Waals surface area contributed by atoms with Crippen LogP contribution in [-0.2, 0) is 11.3 Å². The van der Waals surface area contributed by atoms with Gasteiger partial charge in [0.2, 0.25) is 5.95 Å². The molecule has 2 fully saturated rings. The number of β-amino-alcohol motifs (C(OH)–C–C–N with tert-alkyl or cyclic N) is 1. The Hall–Kier alpha value is -1.70. The zero-order valence-corrected chi connectivity index (χ0v) is 13.6. The fourth-order valence-corrected chi connectivity index (χ4v) is 3.53. The summed E-state index contributed by atoms with van der Waals surface area (Å²) in [5.41, 5.74) is 2.28. The molecular weight excluding hydrogens is 312 g/mol. The van der Waals surface area contributed by atoms with E-state index >= 15 is 0 Å². The van der Waals surface area contributed by atoms with Crippen molar-refractivity contribution in [2.45, 2.75) is 25.0 Å². The SMILES string of the molecule is OC1CN(c2nc(NCc3ccsc3)cc([C@@H]3CCOC3)n2)C1. The minimum absolute atomic E-state index is 0.265. The Bertz CT molecular complexity index is 652. The van der Waals surface area contributed by atoms with Gasteiger partial charge in [-0.05, 0) is 28.8 Å². The lowest BCUT2D eigenvalue weighted by atomic mass is 10.0. The second kappa shape index (κ2) is 6.43. The smallest absolute Gasteiger partial charge is 0.227 e. The van der Waals surface area contributed by atoms with Crippen LogP contribution in [0.4, 0.5) is 11.8 Å². The van der Waals surface area contributed by atoms with Crippen LogP contribution in [0.1, 0.15) is 23.6 Å². The number of aliphatic hydroxyl groups excluding tert-OH is 1. The molecule has 2 aromatic heterocycles. The number of hydrogen-bond acceptors (Lipinski definition) is 7. The van der Waals surface area contributed by atoms with Gasteiger partial charge in [-0.2, -0.15) is 16.3 Å². The molecule has 2 aliphatic rings. The molecule has 7 heteroatoms. The minimum atomic E-state index is -0.265. The van der Waals surface area contributed by atoms with Crippen LogP contribution in [0.25, 0.3) is 0 Å². The topological polar surface area (TPSA) is 70.5 Å². The number of ether oxygens (including phenoxy) is 1. The second-order valence-electron chi connectivity index (χ2n) is 6.08. The van der Waals surface area contributed by atoms with Crippen LogP contribution in [0.3, 0.4) is 0 Å². The molecule has 0 aliphatic carbocycles. The van der Waals surface area contributed by atoms with Crippen LogP contribution in [0.2, 0.25) is 0 Å². The maximum atomic E-state index is 9.53. The molecule has 0 unspecified atom stereocenters. The van der Waals surface area contributed by atoms with Crippen molar-refractivity contribution in [3.63, 3.8) is 0 Å². The van der Waals surface area contributed by atoms with Gasteiger partial charge in [-0.1, -0.05) is 0 Å². The van der Waals surface area contributed by atoms with Gasteiger partial charge in [0.05, 0.1) is 18.4 Å². The molecule has 4 heterocycles. The van der Waals surface area contributed by atoms with E-state index in [0.29, 0.717) is 25.0 Å². The molecule has 2 N–H and O–H groups in total. The highest BCUT2D eigenvalue weighted by atomic mass is 32.1. The van der Waals surface area contributed by atoms with Crippen LogP contribution < -0.4 is 10.2 Å². The van der Waals surface area contributed by atoms with E-state index in [1.807, 2.05) is 11.0 Å². The van der Waals surface area contributed by atoms with Crippen LogP contribution in [0, 0.1) is 0 Å². The summed E-state index contributed by atoms with van der Waals surface area (Å²) in [4.78, 5) is 11.3. The number of aromatic nitrogens is 2. The zero-order valence-electron chi connectivity index (χ0n) is 12.8. The number of anilines is 2. The highest BCUT2D eigenvalue weighted by Gasteiger charge is 2.28. The Balaban J connectivity index is 1.55. The van der Waals surface area contributed by atoms with Gasteiger partial charge in [0.1, 0.15) is 5.82 Å². The third-order valence-corrected chi connectivity index (χ3v) is 5.01. The first-order chi connectivity index (χ1) is 11.3. The van der Waals surface area contributed by atoms with Crippen LogP contribution in [0.15, 0.2) is 22.9 Å². The van der Waals surface area contributed by atoms with Gasteiger partial charge in [0.25, 0.3) is 0 Å². The van der Waals surface area contributed by atoms with Gasteiger partial charge in [0, 0.05) is 38.2 Å². The molecule has 1 atom stereocenters. The molecule has 0 bridgehead atoms. The molecule has 2 aromatic rings. The van der Waals surface area contributed by atoms with E-state index in [0.717, 1.165) is 37.7 Å². The van der Waals surface area contributed by atoms with E-state index in [1.54, 1.807) is 11.3 Å². The van der Waals surface area contributed by atoms with Gasteiger partial charge in [0.15, 0.2) is 0 Å². The standard InChI is InChI=1S/C16H20N4O2S/c21-13-7-20(8-13)16-18-14(12-1-3-22-9-12)5-15(19-16)17-6-11-2-4-23-10-11/h2,4-5,10,12-13,21H,1,3,6-9H2,(H,17,18,19)/t12-/m1/s1. The molecule has 0 spiro atoms. The molecule has 0 saturated carbocycles. The molecule has 23 heavy (non-hydrogen) atoms. The zero-order chi connectivity index (χ0) is 15.6. The lowest BCUT2D eigenvalue weighted by molar-refractivity contribution is 0.140. The molecule has 0 aromatic carbocycles. The van der Waals surface area contributed by atoms with Crippen molar-refractivity contribution in [1.82, 2.24) is 9.97 Å². The number of aliphatic hydroxyl groups is 1. The summed E-state index contributed by atoms with van der Waals surface area (Å²) >= 11 is 1.69. The summed E-state index contributed by atoms with van der Waals surface area (Å²) in [6.07, 6.45) is 0.738. The third-order valence-electron chi connectivity index (χ3n) is 4.28. The van der Waals surface area contributed by atoms with Crippen molar-refractivity contribution < 1.29 is 9.84 Å². The van der Waals surface area contributed by atoms with Crippen LogP contribution in [0.5, 0.6) is 0 Å². The summed E-state index contributed by atoms with van der Waals surface area (Å²) in [7, 11) is 0. The van der Waals surface area contributed by atoms with E-state index in [1.165, 1.54) is 5.56 Å². The van der Waals surface area contributed by atoms with Crippen molar-refractivity contribution in [3.8, 4) is 0 Å². The van der Waals surface area contributed by atoms with E-state index in [2.05, 4.69) is 27.1 Å². The average Bonchev–Trinajstić information content (AvgIpc) is 3.22. The predicted molar refractivity (Wildman–Crippen MR) is 90.1 cm³/mol. The van der Waals surface area contributed by atoms with Gasteiger partial charge >= 0.3 is 0 Å². The number of hydrogen-bond donors (Lipinski definition) is 2. The van der Waals surface area contributed by atoms with Crippen molar-refractivity contribution in [2.24, 2.45) is 0 Å². The molecule has 4 rings (SSSR count). The van der Waals surface area contributed by atoms with Gasteiger partial charge in [-0.3, -0.25) is 0 Å². The first-order valence-electron chi connectivity index (χ1n) is 7.92. The Morgan fingerprint density at radius 2 is 2.30 bits per heavy atom. The lowest BCUT2D eigenvalue weighted by Crippen LogP contribution is -2.51. The largest absolute Gasteiger partial charge is 0.389 e. The highest BCUT2D eigenvalue weighted by molar-refractivity contribution is 7.07. The van der Waals surface area contributed by atoms with E-state index in [4.69, 9.17) is 9.72 Å². The number of rotatable bonds is 5. The Morgan fingerprint density at radius 3 is 3.00 bits per heavy atom. The molecule has 0 amide bonds. The molecular formula is C16H20N4O2S. The van der Waals surface area contributed by atoms with Crippen LogP contribution >= 0.6 is 11.3 Å². The highest BCUT2D eigenvalue weighted by Crippen LogP contribution is 2.28. The monoisotopic (exact) mass is 332 g/mol. The summed E-state index contributed by atoms with van der Waals surface area (Å²) < 4.78 is 5.49. The number of nitrogens with zero attached hydrogens (tertiary/aromatic N) is 3. The molecule has 0 radical (unpaired) electrons. The van der Waals surface area contributed by atoms with Gasteiger partial charge in [-0.25, -0.2) is 4.98 Å². The van der Waals surface area contributed by atoms with Gasteiger partial charge < -0.3 is 20.1 Å². The summed E-state index contributed by atoms with van der Waals surface area (Å²) in [6.45, 7) is 3.49. The molecule has 2 aliphatic heterocycles. The lowest BCUT2D eigenvalue weighted by Gasteiger charge is -2.36. The van der Waals surface area contributed by atoms with Crippen LogP contribution in [-0.4, -0.2) is 47.5 Å². The maximum absolute atomic E-state index is 9.53. The van der Waals surface area contributed by atoms with E-state index in [9.17, 15) is 5.11 Å². The fraction of sp³-hybridized carbons (Fsp3) is 0.500. The van der Waals surface area contributed by atoms with E-state index in [-0.39, 0.29) is 6.10 Å². The molecule has 122 valence electrons. The number of thiophene rings is 1. The first kappa shape index (κ1) is 14.9. The Labute approximate surface area is 139 Å². The maximum Gasteiger partial charge on any atom is 0.227 e. The Morgan fingerprint density at radius 1 is 1.39 bits per heavy atom. The minimum Gasteiger partial charge on any atom is -0.389 e. The normalized spacial score (nSPS) is 21.4. The number of nitrogens with one attached hydrogen (secondary N) is 1. The molecule has 2 saturated heterocycles. The van der Waals surface area contributed by atoms with Crippen molar-refractivity contribution in [2.75, 3.05) is 36.5 Å². The third kappa shape index (κ3) is 3.31. The average molecular weight is 332 g/mol. The summed E-state index contributed by atoms with van der Waals surface area (Å²) in [6, 6.07) is 4.14. The quantitative estimate of drug-likeness (QED) is 0.871. The van der Waals surface area contributed by atoms with Crippen molar-refractivity contribution in [1.29, 1.82) is 0 Å². The van der Waals surface area contributed by atoms with Crippen molar-refractivity contribution in [3.05, 3.63) is 34.2 Å². The van der Waals surface area contributed by atoms with Gasteiger partial charge in [-0.15, -0.1) is 0 Å². The summed E-state index contributed by atoms with van der Waals surface area (Å²) in [5, 5.41) is 17.1. The fourth-order valence-electron chi connectivity index (χ4n) is 2.87. The molecule has 6 nitrogen and oxygen atoms in total. The Kier molecular flexibility index (Phi) is 4.15. The van der Waals surface area contributed by atoms with Crippen molar-refractivity contribution >= 4 is 23.1 Å². The first-order valence-corrected chi connectivity index (χ1v) is 8.87. The second-order valence-corrected chi connectivity index (χ2v) is 6.86.